The molecule has 0 spiro atoms. The smallest absolute Gasteiger partial charge is 0.407 e. The van der Waals surface area contributed by atoms with E-state index in [-0.39, 0.29) is 35.2 Å². The molecule has 0 aromatic heterocycles. The van der Waals surface area contributed by atoms with Crippen molar-refractivity contribution < 1.29 is 19.7 Å². The number of fused-ring (bicyclic) bond motifs is 5. The third-order valence-electron chi connectivity index (χ3n) is 11.4. The van der Waals surface area contributed by atoms with Gasteiger partial charge < -0.3 is 20.3 Å². The SMILES string of the molecule is CC[C@@H]1C2C[C@H](O)CCC2(C)[C@H]2CCC3(C)[C@@H]([C@H](C)CCOC(=O)NC(C)C)CC[C@H]3C2[C@@H]1O. The fourth-order valence-corrected chi connectivity index (χ4v) is 9.75. The Bertz CT molecular complexity index is 727. The molecule has 0 aliphatic heterocycles. The molecule has 34 heavy (non-hydrogen) atoms. The van der Waals surface area contributed by atoms with Gasteiger partial charge in [-0.2, -0.15) is 0 Å². The Balaban J connectivity index is 1.48. The van der Waals surface area contributed by atoms with Crippen LogP contribution in [-0.4, -0.2) is 41.2 Å². The van der Waals surface area contributed by atoms with Gasteiger partial charge in [0, 0.05) is 6.04 Å². The Hall–Kier alpha value is -0.810. The maximum Gasteiger partial charge on any atom is 0.407 e. The van der Waals surface area contributed by atoms with Crippen molar-refractivity contribution in [1.82, 2.24) is 5.32 Å². The van der Waals surface area contributed by atoms with Crippen LogP contribution in [0.25, 0.3) is 0 Å². The van der Waals surface area contributed by atoms with Gasteiger partial charge in [0.2, 0.25) is 0 Å². The Labute approximate surface area is 207 Å². The minimum Gasteiger partial charge on any atom is -0.450 e. The number of aliphatic hydroxyl groups excluding tert-OH is 2. The van der Waals surface area contributed by atoms with Crippen molar-refractivity contribution in [2.45, 2.75) is 118 Å². The molecule has 4 saturated carbocycles. The maximum atomic E-state index is 11.9. The van der Waals surface area contributed by atoms with Crippen LogP contribution in [0.5, 0.6) is 0 Å². The minimum absolute atomic E-state index is 0.0948. The minimum atomic E-state index is -0.311. The van der Waals surface area contributed by atoms with Crippen molar-refractivity contribution in [3.63, 3.8) is 0 Å². The number of aliphatic hydroxyl groups is 2. The topological polar surface area (TPSA) is 78.8 Å². The lowest BCUT2D eigenvalue weighted by molar-refractivity contribution is -0.203. The van der Waals surface area contributed by atoms with E-state index in [2.05, 4.69) is 33.0 Å². The van der Waals surface area contributed by atoms with Crippen LogP contribution in [0.3, 0.4) is 0 Å². The quantitative estimate of drug-likeness (QED) is 0.453. The molecule has 0 heterocycles. The highest BCUT2D eigenvalue weighted by Crippen LogP contribution is 2.69. The third-order valence-corrected chi connectivity index (χ3v) is 11.4. The fraction of sp³-hybridized carbons (Fsp3) is 0.966. The standard InChI is InChI=1S/C29H51NO4/c1-7-20-24-16-19(31)10-13-29(24,6)23-11-14-28(5)21(8-9-22(28)25(23)26(20)32)18(4)12-15-34-27(33)30-17(2)3/h17-26,31-32H,7-16H2,1-6H3,(H,30,33)/t18-,19-,20-,21-,22+,23+,24?,25?,26-,28?,29?/m1/s1. The second kappa shape index (κ2) is 9.92. The molecule has 0 bridgehead atoms. The summed E-state index contributed by atoms with van der Waals surface area (Å²) in [6.45, 7) is 14.0. The monoisotopic (exact) mass is 477 g/mol. The first-order valence-corrected chi connectivity index (χ1v) is 14.3. The van der Waals surface area contributed by atoms with Gasteiger partial charge in [-0.05, 0) is 117 Å². The highest BCUT2D eigenvalue weighted by atomic mass is 16.5. The second-order valence-electron chi connectivity index (χ2n) is 13.3. The molecule has 196 valence electrons. The van der Waals surface area contributed by atoms with E-state index < -0.39 is 0 Å². The Kier molecular flexibility index (Phi) is 7.66. The third kappa shape index (κ3) is 4.42. The van der Waals surface area contributed by atoms with Crippen LogP contribution in [0, 0.1) is 52.3 Å². The highest BCUT2D eigenvalue weighted by molar-refractivity contribution is 5.67. The number of ether oxygens (including phenoxy) is 1. The molecule has 4 unspecified atom stereocenters. The fourth-order valence-electron chi connectivity index (χ4n) is 9.75. The predicted octanol–water partition coefficient (Wildman–Crippen LogP) is 5.77. The molecule has 0 aromatic carbocycles. The summed E-state index contributed by atoms with van der Waals surface area (Å²) in [5.41, 5.74) is 0.518. The number of rotatable bonds is 6. The van der Waals surface area contributed by atoms with Crippen LogP contribution in [0.1, 0.15) is 99.3 Å². The summed E-state index contributed by atoms with van der Waals surface area (Å²) in [5.74, 6) is 3.46. The van der Waals surface area contributed by atoms with E-state index in [1.165, 1.54) is 25.7 Å². The van der Waals surface area contributed by atoms with Gasteiger partial charge in [-0.1, -0.05) is 34.1 Å². The maximum absolute atomic E-state index is 11.9. The molecule has 5 heteroatoms. The molecule has 0 radical (unpaired) electrons. The van der Waals surface area contributed by atoms with E-state index in [1.54, 1.807) is 0 Å². The molecular weight excluding hydrogens is 426 g/mol. The molecule has 3 N–H and O–H groups in total. The van der Waals surface area contributed by atoms with E-state index in [0.717, 1.165) is 32.1 Å². The van der Waals surface area contributed by atoms with Crippen molar-refractivity contribution in [2.75, 3.05) is 6.61 Å². The number of alkyl carbamates (subject to hydrolysis) is 1. The van der Waals surface area contributed by atoms with Gasteiger partial charge >= 0.3 is 6.09 Å². The summed E-state index contributed by atoms with van der Waals surface area (Å²) in [6.07, 6.45) is 9.01. The number of carbonyl (C=O) groups is 1. The Morgan fingerprint density at radius 1 is 1.00 bits per heavy atom. The van der Waals surface area contributed by atoms with Crippen LogP contribution < -0.4 is 5.32 Å². The van der Waals surface area contributed by atoms with Crippen LogP contribution in [-0.2, 0) is 4.74 Å². The van der Waals surface area contributed by atoms with Gasteiger partial charge in [-0.15, -0.1) is 0 Å². The zero-order valence-corrected chi connectivity index (χ0v) is 22.6. The summed E-state index contributed by atoms with van der Waals surface area (Å²) < 4.78 is 5.45. The van der Waals surface area contributed by atoms with E-state index >= 15 is 0 Å². The van der Waals surface area contributed by atoms with Crippen LogP contribution in [0.4, 0.5) is 4.79 Å². The van der Waals surface area contributed by atoms with E-state index in [9.17, 15) is 15.0 Å². The number of carbonyl (C=O) groups excluding carboxylic acids is 1. The van der Waals surface area contributed by atoms with Gasteiger partial charge in [0.1, 0.15) is 0 Å². The molecular formula is C29H51NO4. The molecule has 0 saturated heterocycles. The normalized spacial score (nSPS) is 46.9. The van der Waals surface area contributed by atoms with Crippen molar-refractivity contribution in [2.24, 2.45) is 52.3 Å². The number of nitrogens with one attached hydrogen (secondary N) is 1. The summed E-state index contributed by atoms with van der Waals surface area (Å²) in [5, 5.41) is 25.1. The zero-order valence-electron chi connectivity index (χ0n) is 22.6. The van der Waals surface area contributed by atoms with Crippen molar-refractivity contribution in [1.29, 1.82) is 0 Å². The number of hydrogen-bond donors (Lipinski definition) is 3. The molecule has 4 aliphatic carbocycles. The molecule has 0 aromatic rings. The van der Waals surface area contributed by atoms with E-state index in [4.69, 9.17) is 4.74 Å². The lowest BCUT2D eigenvalue weighted by Crippen LogP contribution is -2.62. The van der Waals surface area contributed by atoms with Crippen LogP contribution in [0.2, 0.25) is 0 Å². The van der Waals surface area contributed by atoms with Crippen LogP contribution >= 0.6 is 0 Å². The van der Waals surface area contributed by atoms with Gasteiger partial charge in [0.15, 0.2) is 0 Å². The largest absolute Gasteiger partial charge is 0.450 e. The average Bonchev–Trinajstić information content (AvgIpc) is 3.12. The molecule has 5 nitrogen and oxygen atoms in total. The lowest BCUT2D eigenvalue weighted by atomic mass is 9.41. The van der Waals surface area contributed by atoms with Crippen LogP contribution in [0.15, 0.2) is 0 Å². The zero-order chi connectivity index (χ0) is 24.8. The van der Waals surface area contributed by atoms with Gasteiger partial charge in [0.25, 0.3) is 0 Å². The number of hydrogen-bond acceptors (Lipinski definition) is 4. The highest BCUT2D eigenvalue weighted by Gasteiger charge is 2.64. The molecule has 4 rings (SSSR count). The van der Waals surface area contributed by atoms with E-state index in [1.807, 2.05) is 13.8 Å². The van der Waals surface area contributed by atoms with Gasteiger partial charge in [-0.3, -0.25) is 0 Å². The van der Waals surface area contributed by atoms with Crippen molar-refractivity contribution >= 4 is 6.09 Å². The Morgan fingerprint density at radius 3 is 2.35 bits per heavy atom. The molecule has 11 atom stereocenters. The summed E-state index contributed by atoms with van der Waals surface area (Å²) in [7, 11) is 0. The van der Waals surface area contributed by atoms with Gasteiger partial charge in [-0.25, -0.2) is 4.79 Å². The van der Waals surface area contributed by atoms with Crippen molar-refractivity contribution in [3.05, 3.63) is 0 Å². The summed E-state index contributed by atoms with van der Waals surface area (Å²) in [6, 6.07) is 0.0948. The van der Waals surface area contributed by atoms with E-state index in [0.29, 0.717) is 48.0 Å². The summed E-state index contributed by atoms with van der Waals surface area (Å²) in [4.78, 5) is 11.9. The first kappa shape index (κ1) is 26.3. The summed E-state index contributed by atoms with van der Waals surface area (Å²) >= 11 is 0. The van der Waals surface area contributed by atoms with Gasteiger partial charge in [0.05, 0.1) is 18.8 Å². The predicted molar refractivity (Wildman–Crippen MR) is 135 cm³/mol. The number of amides is 1. The molecule has 4 fully saturated rings. The van der Waals surface area contributed by atoms with Crippen molar-refractivity contribution in [3.8, 4) is 0 Å². The second-order valence-corrected chi connectivity index (χ2v) is 13.3. The molecule has 1 amide bonds. The lowest BCUT2D eigenvalue weighted by Gasteiger charge is -2.64. The molecule has 4 aliphatic rings. The first-order chi connectivity index (χ1) is 16.0. The first-order valence-electron chi connectivity index (χ1n) is 14.3. The Morgan fingerprint density at radius 2 is 1.68 bits per heavy atom. The average molecular weight is 478 g/mol.